The Bertz CT molecular complexity index is 657. The fraction of sp³-hybridized carbons (Fsp3) is 0.375. The zero-order valence-electron chi connectivity index (χ0n) is 13.2. The number of anilines is 1. The number of nitrogens with one attached hydrogen (secondary N) is 2. The summed E-state index contributed by atoms with van der Waals surface area (Å²) in [5, 5.41) is 15.6. The molecule has 0 bridgehead atoms. The molecule has 2 aromatic heterocycles. The smallest absolute Gasteiger partial charge is 0.320 e. The van der Waals surface area contributed by atoms with Crippen molar-refractivity contribution < 1.29 is 14.3 Å². The lowest BCUT2D eigenvalue weighted by molar-refractivity contribution is 0.0364. The van der Waals surface area contributed by atoms with Crippen LogP contribution in [0.2, 0.25) is 0 Å². The van der Waals surface area contributed by atoms with Crippen LogP contribution in [0.15, 0.2) is 28.7 Å². The zero-order valence-corrected chi connectivity index (χ0v) is 13.2. The van der Waals surface area contributed by atoms with E-state index >= 15 is 0 Å². The number of furan rings is 1. The number of carbonyl (C=O) groups is 1. The number of rotatable bonds is 4. The van der Waals surface area contributed by atoms with Crippen LogP contribution in [-0.4, -0.2) is 22.7 Å². The Hall–Kier alpha value is -2.34. The van der Waals surface area contributed by atoms with Gasteiger partial charge in [-0.15, -0.1) is 0 Å². The van der Waals surface area contributed by atoms with Crippen LogP contribution in [0.5, 0.6) is 0 Å². The Kier molecular flexibility index (Phi) is 4.51. The van der Waals surface area contributed by atoms with Gasteiger partial charge in [-0.05, 0) is 57.5 Å². The summed E-state index contributed by atoms with van der Waals surface area (Å²) >= 11 is 0. The van der Waals surface area contributed by atoms with Gasteiger partial charge in [0.25, 0.3) is 0 Å². The number of aromatic nitrogens is 1. The lowest BCUT2D eigenvalue weighted by atomic mass is 10.0. The molecule has 2 heterocycles. The van der Waals surface area contributed by atoms with E-state index in [1.54, 1.807) is 32.0 Å². The van der Waals surface area contributed by atoms with Crippen LogP contribution in [-0.2, 0) is 5.60 Å². The molecular weight excluding hydrogens is 282 g/mol. The van der Waals surface area contributed by atoms with Crippen molar-refractivity contribution in [1.82, 2.24) is 10.3 Å². The van der Waals surface area contributed by atoms with Crippen molar-refractivity contribution >= 4 is 11.8 Å². The first kappa shape index (κ1) is 16.0. The predicted octanol–water partition coefficient (Wildman–Crippen LogP) is 2.63. The van der Waals surface area contributed by atoms with E-state index in [9.17, 15) is 9.90 Å². The minimum absolute atomic E-state index is 0.0244. The van der Waals surface area contributed by atoms with Gasteiger partial charge in [0.15, 0.2) is 0 Å². The van der Waals surface area contributed by atoms with Crippen molar-refractivity contribution in [1.29, 1.82) is 0 Å². The van der Waals surface area contributed by atoms with Gasteiger partial charge in [0.1, 0.15) is 22.9 Å². The number of urea groups is 1. The first-order valence-corrected chi connectivity index (χ1v) is 7.06. The highest BCUT2D eigenvalue weighted by Gasteiger charge is 2.27. The van der Waals surface area contributed by atoms with Gasteiger partial charge in [0.05, 0.1) is 6.54 Å². The number of aliphatic hydroxyl groups is 1. The fourth-order valence-corrected chi connectivity index (χ4v) is 2.13. The Balaban J connectivity index is 1.95. The number of pyridine rings is 1. The molecule has 2 rings (SSSR count). The summed E-state index contributed by atoms with van der Waals surface area (Å²) in [5.74, 6) is 1.59. The molecule has 0 aliphatic rings. The second-order valence-corrected chi connectivity index (χ2v) is 5.66. The highest BCUT2D eigenvalue weighted by atomic mass is 16.4. The van der Waals surface area contributed by atoms with Crippen molar-refractivity contribution in [2.75, 3.05) is 11.9 Å². The summed E-state index contributed by atoms with van der Waals surface area (Å²) in [4.78, 5) is 16.1. The maximum Gasteiger partial charge on any atom is 0.320 e. The lowest BCUT2D eigenvalue weighted by Gasteiger charge is -2.21. The first-order chi connectivity index (χ1) is 10.3. The molecule has 0 aliphatic heterocycles. The van der Waals surface area contributed by atoms with E-state index in [0.29, 0.717) is 17.3 Å². The largest absolute Gasteiger partial charge is 0.463 e. The van der Waals surface area contributed by atoms with Crippen molar-refractivity contribution in [3.8, 4) is 0 Å². The summed E-state index contributed by atoms with van der Waals surface area (Å²) < 4.78 is 5.40. The average Bonchev–Trinajstić information content (AvgIpc) is 2.83. The molecule has 0 aliphatic carbocycles. The SMILES string of the molecule is Cc1cc(C)nc(NC(=O)NC[C@@](C)(O)c2ccc(C)o2)c1. The van der Waals surface area contributed by atoms with Gasteiger partial charge in [-0.25, -0.2) is 9.78 Å². The van der Waals surface area contributed by atoms with Gasteiger partial charge in [-0.3, -0.25) is 5.32 Å². The molecule has 22 heavy (non-hydrogen) atoms. The molecule has 2 amide bonds. The van der Waals surface area contributed by atoms with Crippen molar-refractivity contribution in [3.63, 3.8) is 0 Å². The zero-order chi connectivity index (χ0) is 16.3. The van der Waals surface area contributed by atoms with Crippen LogP contribution in [0, 0.1) is 20.8 Å². The van der Waals surface area contributed by atoms with Gasteiger partial charge >= 0.3 is 6.03 Å². The second kappa shape index (κ2) is 6.19. The van der Waals surface area contributed by atoms with Crippen LogP contribution in [0.1, 0.15) is 29.7 Å². The standard InChI is InChI=1S/C16H21N3O3/c1-10-7-11(2)18-14(8-10)19-15(20)17-9-16(4,21)13-6-5-12(3)22-13/h5-8,21H,9H2,1-4H3,(H2,17,18,19,20)/t16-/m1/s1. The number of aryl methyl sites for hydroxylation is 3. The molecule has 3 N–H and O–H groups in total. The summed E-state index contributed by atoms with van der Waals surface area (Å²) in [6.45, 7) is 7.20. The molecule has 0 radical (unpaired) electrons. The summed E-state index contributed by atoms with van der Waals surface area (Å²) in [6, 6.07) is 6.73. The highest BCUT2D eigenvalue weighted by Crippen LogP contribution is 2.21. The molecule has 0 spiro atoms. The molecular formula is C16H21N3O3. The van der Waals surface area contributed by atoms with E-state index < -0.39 is 11.6 Å². The van der Waals surface area contributed by atoms with Gasteiger partial charge in [0.2, 0.25) is 0 Å². The van der Waals surface area contributed by atoms with Crippen molar-refractivity contribution in [3.05, 3.63) is 47.0 Å². The molecule has 6 heteroatoms. The van der Waals surface area contributed by atoms with Gasteiger partial charge in [-0.1, -0.05) is 0 Å². The number of nitrogens with zero attached hydrogens (tertiary/aromatic N) is 1. The van der Waals surface area contributed by atoms with E-state index in [0.717, 1.165) is 11.3 Å². The Morgan fingerprint density at radius 1 is 1.32 bits per heavy atom. The molecule has 0 unspecified atom stereocenters. The van der Waals surface area contributed by atoms with E-state index in [-0.39, 0.29) is 6.54 Å². The second-order valence-electron chi connectivity index (χ2n) is 5.66. The maximum atomic E-state index is 11.9. The monoisotopic (exact) mass is 303 g/mol. The van der Waals surface area contributed by atoms with Crippen molar-refractivity contribution in [2.45, 2.75) is 33.3 Å². The lowest BCUT2D eigenvalue weighted by Crippen LogP contribution is -2.40. The number of amides is 2. The highest BCUT2D eigenvalue weighted by molar-refractivity contribution is 5.88. The number of hydrogen-bond donors (Lipinski definition) is 3. The van der Waals surface area contributed by atoms with Crippen molar-refractivity contribution in [2.24, 2.45) is 0 Å². The van der Waals surface area contributed by atoms with Crippen LogP contribution in [0.3, 0.4) is 0 Å². The minimum atomic E-state index is -1.28. The first-order valence-electron chi connectivity index (χ1n) is 7.06. The van der Waals surface area contributed by atoms with Crippen LogP contribution in [0.4, 0.5) is 10.6 Å². The number of carbonyl (C=O) groups excluding carboxylic acids is 1. The van der Waals surface area contributed by atoms with E-state index in [2.05, 4.69) is 15.6 Å². The number of hydrogen-bond acceptors (Lipinski definition) is 4. The molecule has 0 saturated carbocycles. The molecule has 6 nitrogen and oxygen atoms in total. The predicted molar refractivity (Wildman–Crippen MR) is 83.7 cm³/mol. The fourth-order valence-electron chi connectivity index (χ4n) is 2.13. The van der Waals surface area contributed by atoms with Gasteiger partial charge in [0, 0.05) is 5.69 Å². The maximum absolute atomic E-state index is 11.9. The minimum Gasteiger partial charge on any atom is -0.463 e. The van der Waals surface area contributed by atoms with Gasteiger partial charge in [-0.2, -0.15) is 0 Å². The molecule has 1 atom stereocenters. The Labute approximate surface area is 129 Å². The van der Waals surface area contributed by atoms with Crippen LogP contribution < -0.4 is 10.6 Å². The Morgan fingerprint density at radius 3 is 2.64 bits per heavy atom. The molecule has 0 aromatic carbocycles. The molecule has 2 aromatic rings. The average molecular weight is 303 g/mol. The quantitative estimate of drug-likeness (QED) is 0.810. The summed E-state index contributed by atoms with van der Waals surface area (Å²) in [7, 11) is 0. The molecule has 0 saturated heterocycles. The van der Waals surface area contributed by atoms with Crippen LogP contribution >= 0.6 is 0 Å². The molecule has 0 fully saturated rings. The topological polar surface area (TPSA) is 87.4 Å². The normalized spacial score (nSPS) is 13.5. The van der Waals surface area contributed by atoms with E-state index in [1.807, 2.05) is 19.9 Å². The third kappa shape index (κ3) is 4.08. The van der Waals surface area contributed by atoms with E-state index in [4.69, 9.17) is 4.42 Å². The summed E-state index contributed by atoms with van der Waals surface area (Å²) in [5.41, 5.74) is 0.566. The molecule has 118 valence electrons. The van der Waals surface area contributed by atoms with E-state index in [1.165, 1.54) is 0 Å². The Morgan fingerprint density at radius 2 is 2.05 bits per heavy atom. The third-order valence-corrected chi connectivity index (χ3v) is 3.20. The third-order valence-electron chi connectivity index (χ3n) is 3.20. The van der Waals surface area contributed by atoms with Crippen LogP contribution in [0.25, 0.3) is 0 Å². The van der Waals surface area contributed by atoms with Gasteiger partial charge < -0.3 is 14.8 Å². The summed E-state index contributed by atoms with van der Waals surface area (Å²) in [6.07, 6.45) is 0.